The van der Waals surface area contributed by atoms with Crippen molar-refractivity contribution < 1.29 is 0 Å². The van der Waals surface area contributed by atoms with E-state index in [1.54, 1.807) is 11.8 Å². The van der Waals surface area contributed by atoms with E-state index in [-0.39, 0.29) is 0 Å². The van der Waals surface area contributed by atoms with E-state index in [1.807, 2.05) is 6.07 Å². The Labute approximate surface area is 103 Å². The molecule has 0 unspecified atom stereocenters. The quantitative estimate of drug-likeness (QED) is 0.689. The Morgan fingerprint density at radius 3 is 3.07 bits per heavy atom. The lowest BCUT2D eigenvalue weighted by molar-refractivity contribution is 0.996. The number of allylic oxidation sites excluding steroid dienone is 1. The van der Waals surface area contributed by atoms with Gasteiger partial charge in [0, 0.05) is 4.47 Å². The maximum atomic E-state index is 4.63. The van der Waals surface area contributed by atoms with Crippen molar-refractivity contribution >= 4 is 38.4 Å². The third kappa shape index (κ3) is 2.73. The summed E-state index contributed by atoms with van der Waals surface area (Å²) in [4.78, 5) is 4.63. The van der Waals surface area contributed by atoms with Crippen molar-refractivity contribution in [2.75, 3.05) is 6.26 Å². The molecule has 0 amide bonds. The standard InChI is InChI=1S/C12H12BrNS/c1-15-12-5-3-2-4-9-8-10(13)6-7-11(9)14-12/h3,5-8H,2,4H2,1H3/b5-3-,14-12?. The Morgan fingerprint density at radius 1 is 1.40 bits per heavy atom. The minimum Gasteiger partial charge on any atom is -0.242 e. The fraction of sp³-hybridized carbons (Fsp3) is 0.250. The first-order valence-electron chi connectivity index (χ1n) is 4.87. The van der Waals surface area contributed by atoms with Crippen LogP contribution in [0.15, 0.2) is 39.8 Å². The maximum Gasteiger partial charge on any atom is 0.0961 e. The third-order valence-electron chi connectivity index (χ3n) is 2.32. The fourth-order valence-corrected chi connectivity index (χ4v) is 2.39. The number of hydrogen-bond donors (Lipinski definition) is 0. The van der Waals surface area contributed by atoms with E-state index in [4.69, 9.17) is 0 Å². The summed E-state index contributed by atoms with van der Waals surface area (Å²) in [5, 5.41) is 1.08. The molecule has 15 heavy (non-hydrogen) atoms. The zero-order chi connectivity index (χ0) is 10.7. The highest BCUT2D eigenvalue weighted by atomic mass is 79.9. The Hall–Kier alpha value is -0.540. The lowest BCUT2D eigenvalue weighted by Gasteiger charge is -2.08. The first kappa shape index (κ1) is 11.0. The number of fused-ring (bicyclic) bond motifs is 1. The highest BCUT2D eigenvalue weighted by molar-refractivity contribution is 9.10. The predicted octanol–water partition coefficient (Wildman–Crippen LogP) is 4.34. The van der Waals surface area contributed by atoms with E-state index < -0.39 is 0 Å². The van der Waals surface area contributed by atoms with Crippen LogP contribution in [0, 0.1) is 0 Å². The molecule has 0 aromatic heterocycles. The van der Waals surface area contributed by atoms with Crippen molar-refractivity contribution in [1.29, 1.82) is 0 Å². The van der Waals surface area contributed by atoms with E-state index >= 15 is 0 Å². The van der Waals surface area contributed by atoms with Crippen molar-refractivity contribution in [3.05, 3.63) is 40.4 Å². The summed E-state index contributed by atoms with van der Waals surface area (Å²) >= 11 is 5.18. The second kappa shape index (κ2) is 4.99. The monoisotopic (exact) mass is 281 g/mol. The second-order valence-electron chi connectivity index (χ2n) is 3.37. The number of rotatable bonds is 0. The van der Waals surface area contributed by atoms with Gasteiger partial charge in [-0.2, -0.15) is 0 Å². The Morgan fingerprint density at radius 2 is 2.27 bits per heavy atom. The van der Waals surface area contributed by atoms with Gasteiger partial charge in [0.25, 0.3) is 0 Å². The molecule has 1 aromatic carbocycles. The molecule has 0 saturated carbocycles. The summed E-state index contributed by atoms with van der Waals surface area (Å²) < 4.78 is 1.13. The molecule has 0 N–H and O–H groups in total. The highest BCUT2D eigenvalue weighted by Crippen LogP contribution is 2.27. The van der Waals surface area contributed by atoms with Crippen LogP contribution in [-0.2, 0) is 6.42 Å². The molecular weight excluding hydrogens is 270 g/mol. The van der Waals surface area contributed by atoms with Crippen LogP contribution in [0.2, 0.25) is 0 Å². The molecule has 1 aliphatic heterocycles. The number of benzene rings is 1. The zero-order valence-electron chi connectivity index (χ0n) is 8.53. The number of aryl methyl sites for hydroxylation is 1. The summed E-state index contributed by atoms with van der Waals surface area (Å²) in [6.07, 6.45) is 8.51. The third-order valence-corrected chi connectivity index (χ3v) is 3.46. The van der Waals surface area contributed by atoms with Crippen molar-refractivity contribution in [3.8, 4) is 0 Å². The average molecular weight is 282 g/mol. The summed E-state index contributed by atoms with van der Waals surface area (Å²) in [5.41, 5.74) is 2.42. The molecule has 0 saturated heterocycles. The summed E-state index contributed by atoms with van der Waals surface area (Å²) in [6, 6.07) is 6.29. The molecule has 78 valence electrons. The fourth-order valence-electron chi connectivity index (χ4n) is 1.56. The van der Waals surface area contributed by atoms with Crippen molar-refractivity contribution in [3.63, 3.8) is 0 Å². The van der Waals surface area contributed by atoms with Gasteiger partial charge in [-0.1, -0.05) is 22.0 Å². The summed E-state index contributed by atoms with van der Waals surface area (Å²) in [5.74, 6) is 0. The van der Waals surface area contributed by atoms with Crippen LogP contribution in [0.4, 0.5) is 5.69 Å². The molecule has 1 aromatic rings. The first-order valence-corrected chi connectivity index (χ1v) is 6.89. The molecule has 1 aliphatic rings. The zero-order valence-corrected chi connectivity index (χ0v) is 10.9. The molecule has 0 radical (unpaired) electrons. The largest absolute Gasteiger partial charge is 0.242 e. The van der Waals surface area contributed by atoms with Gasteiger partial charge in [-0.15, -0.1) is 11.8 Å². The molecule has 0 fully saturated rings. The minimum atomic E-state index is 1.07. The van der Waals surface area contributed by atoms with Gasteiger partial charge in [0.2, 0.25) is 0 Å². The minimum absolute atomic E-state index is 1.07. The highest BCUT2D eigenvalue weighted by Gasteiger charge is 2.05. The smallest absolute Gasteiger partial charge is 0.0961 e. The van der Waals surface area contributed by atoms with E-state index in [0.717, 1.165) is 28.0 Å². The normalized spacial score (nSPS) is 17.3. The number of hydrogen-bond acceptors (Lipinski definition) is 2. The van der Waals surface area contributed by atoms with Crippen LogP contribution >= 0.6 is 27.7 Å². The number of halogens is 1. The number of nitrogens with zero attached hydrogens (tertiary/aromatic N) is 1. The second-order valence-corrected chi connectivity index (χ2v) is 5.11. The predicted molar refractivity (Wildman–Crippen MR) is 72.2 cm³/mol. The van der Waals surface area contributed by atoms with Gasteiger partial charge in [0.1, 0.15) is 0 Å². The van der Waals surface area contributed by atoms with E-state index in [2.05, 4.69) is 51.5 Å². The molecule has 0 spiro atoms. The van der Waals surface area contributed by atoms with Gasteiger partial charge in [0.15, 0.2) is 0 Å². The van der Waals surface area contributed by atoms with Gasteiger partial charge in [-0.05, 0) is 48.9 Å². The van der Waals surface area contributed by atoms with E-state index in [9.17, 15) is 0 Å². The van der Waals surface area contributed by atoms with Gasteiger partial charge in [-0.3, -0.25) is 0 Å². The molecular formula is C12H12BrNS. The molecule has 1 heterocycles. The molecule has 0 aliphatic carbocycles. The lowest BCUT2D eigenvalue weighted by atomic mass is 10.1. The topological polar surface area (TPSA) is 12.4 Å². The molecule has 0 bridgehead atoms. The van der Waals surface area contributed by atoms with Crippen LogP contribution in [0.1, 0.15) is 12.0 Å². The molecule has 0 atom stereocenters. The number of thioether (sulfide) groups is 1. The van der Waals surface area contributed by atoms with Crippen molar-refractivity contribution in [2.45, 2.75) is 12.8 Å². The van der Waals surface area contributed by atoms with Crippen LogP contribution < -0.4 is 0 Å². The van der Waals surface area contributed by atoms with E-state index in [0.29, 0.717) is 0 Å². The van der Waals surface area contributed by atoms with Gasteiger partial charge in [-0.25, -0.2) is 4.99 Å². The van der Waals surface area contributed by atoms with E-state index in [1.165, 1.54) is 5.56 Å². The van der Waals surface area contributed by atoms with Crippen LogP contribution in [0.3, 0.4) is 0 Å². The van der Waals surface area contributed by atoms with Gasteiger partial charge < -0.3 is 0 Å². The maximum absolute atomic E-state index is 4.63. The van der Waals surface area contributed by atoms with Crippen molar-refractivity contribution in [1.82, 2.24) is 0 Å². The molecule has 2 rings (SSSR count). The van der Waals surface area contributed by atoms with Gasteiger partial charge in [0.05, 0.1) is 10.7 Å². The summed E-state index contributed by atoms with van der Waals surface area (Å²) in [7, 11) is 0. The SMILES string of the molecule is CSC1=Nc2ccc(Br)cc2CC/C=C\1. The number of aliphatic imine (C=N–C) groups is 1. The molecule has 1 nitrogen and oxygen atoms in total. The van der Waals surface area contributed by atoms with Crippen LogP contribution in [0.25, 0.3) is 0 Å². The van der Waals surface area contributed by atoms with Crippen LogP contribution in [-0.4, -0.2) is 11.3 Å². The van der Waals surface area contributed by atoms with Crippen LogP contribution in [0.5, 0.6) is 0 Å². The lowest BCUT2D eigenvalue weighted by Crippen LogP contribution is -1.92. The Bertz CT molecular complexity index is 424. The van der Waals surface area contributed by atoms with Crippen molar-refractivity contribution in [2.24, 2.45) is 4.99 Å². The first-order chi connectivity index (χ1) is 7.29. The molecule has 3 heteroatoms. The van der Waals surface area contributed by atoms with Gasteiger partial charge >= 0.3 is 0 Å². The Balaban J connectivity index is 2.46. The average Bonchev–Trinajstić information content (AvgIpc) is 2.21. The Kier molecular flexibility index (Phi) is 3.65. The summed E-state index contributed by atoms with van der Waals surface area (Å²) in [6.45, 7) is 0.